The average Bonchev–Trinajstić information content (AvgIpc) is 2.81. The van der Waals surface area contributed by atoms with E-state index in [9.17, 15) is 13.2 Å². The molecule has 5 nitrogen and oxygen atoms in total. The van der Waals surface area contributed by atoms with Gasteiger partial charge in [-0.2, -0.15) is 0 Å². The normalized spacial score (nSPS) is 20.2. The minimum Gasteiger partial charge on any atom is -0.349 e. The van der Waals surface area contributed by atoms with Gasteiger partial charge in [-0.05, 0) is 79.8 Å². The van der Waals surface area contributed by atoms with E-state index in [0.29, 0.717) is 35.0 Å². The Hall–Kier alpha value is -1.60. The molecule has 1 fully saturated rings. The van der Waals surface area contributed by atoms with Crippen molar-refractivity contribution in [2.75, 3.05) is 13.1 Å². The van der Waals surface area contributed by atoms with Crippen LogP contribution in [0.2, 0.25) is 10.0 Å². The third kappa shape index (κ3) is 5.91. The zero-order valence-electron chi connectivity index (χ0n) is 18.8. The van der Waals surface area contributed by atoms with Crippen molar-refractivity contribution in [3.63, 3.8) is 0 Å². The van der Waals surface area contributed by atoms with Crippen molar-refractivity contribution in [1.82, 2.24) is 9.62 Å². The molecule has 2 atom stereocenters. The number of halogens is 2. The lowest BCUT2D eigenvalue weighted by Crippen LogP contribution is -2.46. The molecule has 8 heteroatoms. The standard InChI is InChI=1S/C25H30Cl2N2O3S/c1-17(20-10-9-19-5-2-3-6-21(19)14-20)28-25(30)22-7-4-12-29(15-22)33(31,32)16-18-8-11-23(26)24(27)13-18/h8-11,13-14,17,22H,2-7,12,15-16H2,1H3,(H,28,30)/t17-,22+/m0/s1. The number of hydrogen-bond donors (Lipinski definition) is 1. The van der Waals surface area contributed by atoms with Gasteiger partial charge in [0.05, 0.1) is 27.8 Å². The molecular weight excluding hydrogens is 479 g/mol. The fraction of sp³-hybridized carbons (Fsp3) is 0.480. The first-order chi connectivity index (χ1) is 15.7. The van der Waals surface area contributed by atoms with Crippen LogP contribution in [0.3, 0.4) is 0 Å². The van der Waals surface area contributed by atoms with Gasteiger partial charge in [-0.25, -0.2) is 12.7 Å². The summed E-state index contributed by atoms with van der Waals surface area (Å²) in [6, 6.07) is 11.2. The average molecular weight is 509 g/mol. The van der Waals surface area contributed by atoms with Gasteiger partial charge in [-0.1, -0.05) is 47.5 Å². The van der Waals surface area contributed by atoms with E-state index in [1.165, 1.54) is 28.3 Å². The summed E-state index contributed by atoms with van der Waals surface area (Å²) in [5, 5.41) is 3.83. The number of carbonyl (C=O) groups is 1. The monoisotopic (exact) mass is 508 g/mol. The molecule has 1 aliphatic heterocycles. The van der Waals surface area contributed by atoms with Crippen LogP contribution in [0.4, 0.5) is 0 Å². The van der Waals surface area contributed by atoms with Crippen LogP contribution < -0.4 is 5.32 Å². The molecule has 1 N–H and O–H groups in total. The first-order valence-corrected chi connectivity index (χ1v) is 13.9. The Labute approximate surface area is 206 Å². The Kier molecular flexibility index (Phi) is 7.69. The van der Waals surface area contributed by atoms with Crippen molar-refractivity contribution in [1.29, 1.82) is 0 Å². The summed E-state index contributed by atoms with van der Waals surface area (Å²) in [5.74, 6) is -0.610. The predicted octanol–water partition coefficient (Wildman–Crippen LogP) is 5.29. The molecular formula is C25H30Cl2N2O3S. The van der Waals surface area contributed by atoms with Gasteiger partial charge in [0.15, 0.2) is 0 Å². The molecule has 0 spiro atoms. The fourth-order valence-electron chi connectivity index (χ4n) is 4.78. The molecule has 178 valence electrons. The maximum Gasteiger partial charge on any atom is 0.224 e. The highest BCUT2D eigenvalue weighted by atomic mass is 35.5. The minimum atomic E-state index is -3.57. The highest BCUT2D eigenvalue weighted by Gasteiger charge is 2.33. The van der Waals surface area contributed by atoms with Crippen LogP contribution in [0, 0.1) is 5.92 Å². The highest BCUT2D eigenvalue weighted by molar-refractivity contribution is 7.88. The number of nitrogens with one attached hydrogen (secondary N) is 1. The van der Waals surface area contributed by atoms with Crippen LogP contribution in [-0.4, -0.2) is 31.7 Å². The Bertz CT molecular complexity index is 1140. The second-order valence-electron chi connectivity index (χ2n) is 9.17. The Morgan fingerprint density at radius 3 is 2.58 bits per heavy atom. The zero-order chi connectivity index (χ0) is 23.6. The van der Waals surface area contributed by atoms with E-state index in [2.05, 4.69) is 23.5 Å². The van der Waals surface area contributed by atoms with E-state index in [-0.39, 0.29) is 30.2 Å². The second-order valence-corrected chi connectivity index (χ2v) is 12.0. The van der Waals surface area contributed by atoms with Gasteiger partial charge < -0.3 is 5.32 Å². The molecule has 1 heterocycles. The molecule has 1 amide bonds. The second kappa shape index (κ2) is 10.3. The highest BCUT2D eigenvalue weighted by Crippen LogP contribution is 2.28. The molecule has 1 aliphatic carbocycles. The molecule has 0 aromatic heterocycles. The number of sulfonamides is 1. The van der Waals surface area contributed by atoms with E-state index in [1.54, 1.807) is 18.2 Å². The summed E-state index contributed by atoms with van der Waals surface area (Å²) in [6.07, 6.45) is 6.02. The number of piperidine rings is 1. The first-order valence-electron chi connectivity index (χ1n) is 11.6. The van der Waals surface area contributed by atoms with E-state index in [0.717, 1.165) is 18.4 Å². The molecule has 0 saturated carbocycles. The summed E-state index contributed by atoms with van der Waals surface area (Å²) in [7, 11) is -3.57. The molecule has 4 rings (SSSR count). The van der Waals surface area contributed by atoms with Crippen molar-refractivity contribution < 1.29 is 13.2 Å². The van der Waals surface area contributed by atoms with Crippen LogP contribution in [0.5, 0.6) is 0 Å². The summed E-state index contributed by atoms with van der Waals surface area (Å²) in [4.78, 5) is 13.0. The van der Waals surface area contributed by atoms with E-state index in [4.69, 9.17) is 23.2 Å². The molecule has 33 heavy (non-hydrogen) atoms. The molecule has 2 aromatic carbocycles. The summed E-state index contributed by atoms with van der Waals surface area (Å²) < 4.78 is 27.5. The topological polar surface area (TPSA) is 66.5 Å². The number of carbonyl (C=O) groups excluding carboxylic acids is 1. The van der Waals surface area contributed by atoms with Crippen LogP contribution in [0.1, 0.15) is 60.9 Å². The van der Waals surface area contributed by atoms with Crippen LogP contribution in [0.25, 0.3) is 0 Å². The number of fused-ring (bicyclic) bond motifs is 1. The van der Waals surface area contributed by atoms with Gasteiger partial charge in [0.1, 0.15) is 0 Å². The smallest absolute Gasteiger partial charge is 0.224 e. The predicted molar refractivity (Wildman–Crippen MR) is 133 cm³/mol. The van der Waals surface area contributed by atoms with E-state index in [1.807, 2.05) is 6.92 Å². The fourth-order valence-corrected chi connectivity index (χ4v) is 6.70. The Morgan fingerprint density at radius 1 is 1.06 bits per heavy atom. The molecule has 2 aliphatic rings. The Morgan fingerprint density at radius 2 is 1.82 bits per heavy atom. The minimum absolute atomic E-state index is 0.0883. The van der Waals surface area contributed by atoms with Crippen LogP contribution in [-0.2, 0) is 33.4 Å². The quantitative estimate of drug-likeness (QED) is 0.576. The maximum atomic E-state index is 13.0. The number of rotatable bonds is 6. The number of aryl methyl sites for hydroxylation is 2. The SMILES string of the molecule is C[C@H](NC(=O)[C@@H]1CCCN(S(=O)(=O)Cc2ccc(Cl)c(Cl)c2)C1)c1ccc2c(c1)CCCC2. The van der Waals surface area contributed by atoms with Gasteiger partial charge in [0.25, 0.3) is 0 Å². The molecule has 0 radical (unpaired) electrons. The lowest BCUT2D eigenvalue weighted by atomic mass is 9.89. The van der Waals surface area contributed by atoms with Crippen molar-refractivity contribution in [2.24, 2.45) is 5.92 Å². The van der Waals surface area contributed by atoms with Gasteiger partial charge in [0, 0.05) is 13.1 Å². The summed E-state index contributed by atoms with van der Waals surface area (Å²) >= 11 is 12.0. The largest absolute Gasteiger partial charge is 0.349 e. The van der Waals surface area contributed by atoms with Crippen molar-refractivity contribution in [3.05, 3.63) is 68.7 Å². The maximum absolute atomic E-state index is 13.0. The third-order valence-electron chi connectivity index (χ3n) is 6.71. The van der Waals surface area contributed by atoms with Crippen molar-refractivity contribution >= 4 is 39.1 Å². The summed E-state index contributed by atoms with van der Waals surface area (Å²) in [6.45, 7) is 2.62. The number of benzene rings is 2. The first kappa shape index (κ1) is 24.5. The third-order valence-corrected chi connectivity index (χ3v) is 9.27. The van der Waals surface area contributed by atoms with Crippen LogP contribution >= 0.6 is 23.2 Å². The number of nitrogens with zero attached hydrogens (tertiary/aromatic N) is 1. The van der Waals surface area contributed by atoms with Crippen LogP contribution in [0.15, 0.2) is 36.4 Å². The lowest BCUT2D eigenvalue weighted by Gasteiger charge is -2.32. The van der Waals surface area contributed by atoms with E-state index >= 15 is 0 Å². The van der Waals surface area contributed by atoms with Gasteiger partial charge in [0.2, 0.25) is 15.9 Å². The van der Waals surface area contributed by atoms with Crippen molar-refractivity contribution in [2.45, 2.75) is 57.2 Å². The summed E-state index contributed by atoms with van der Waals surface area (Å²) in [5.41, 5.74) is 4.48. The molecule has 0 bridgehead atoms. The van der Waals surface area contributed by atoms with Gasteiger partial charge >= 0.3 is 0 Å². The Balaban J connectivity index is 1.39. The number of amides is 1. The van der Waals surface area contributed by atoms with Crippen molar-refractivity contribution in [3.8, 4) is 0 Å². The van der Waals surface area contributed by atoms with Gasteiger partial charge in [-0.15, -0.1) is 0 Å². The van der Waals surface area contributed by atoms with Gasteiger partial charge in [-0.3, -0.25) is 4.79 Å². The molecule has 1 saturated heterocycles. The molecule has 2 aromatic rings. The zero-order valence-corrected chi connectivity index (χ0v) is 21.1. The van der Waals surface area contributed by atoms with E-state index < -0.39 is 10.0 Å². The lowest BCUT2D eigenvalue weighted by molar-refractivity contribution is -0.126. The molecule has 0 unspecified atom stereocenters. The number of hydrogen-bond acceptors (Lipinski definition) is 3.